The molecular weight excluding hydrogens is 231 g/mol. The zero-order chi connectivity index (χ0) is 13.0. The largest absolute Gasteiger partial charge is 0.326 e. The van der Waals surface area contributed by atoms with E-state index in [-0.39, 0.29) is 24.2 Å². The summed E-state index contributed by atoms with van der Waals surface area (Å²) in [5, 5.41) is 2.85. The van der Waals surface area contributed by atoms with Crippen LogP contribution in [0.1, 0.15) is 37.7 Å². The maximum absolute atomic E-state index is 13.3. The molecule has 1 aliphatic rings. The minimum atomic E-state index is -0.326. The van der Waals surface area contributed by atoms with Crippen LogP contribution in [-0.2, 0) is 11.3 Å². The highest BCUT2D eigenvalue weighted by Gasteiger charge is 2.21. The minimum absolute atomic E-state index is 0.0456. The molecule has 3 N–H and O–H groups in total. The number of halogens is 1. The first-order valence-electron chi connectivity index (χ1n) is 6.50. The Morgan fingerprint density at radius 2 is 2.06 bits per heavy atom. The van der Waals surface area contributed by atoms with Crippen LogP contribution in [0.3, 0.4) is 0 Å². The summed E-state index contributed by atoms with van der Waals surface area (Å²) >= 11 is 0. The Morgan fingerprint density at radius 3 is 2.72 bits per heavy atom. The van der Waals surface area contributed by atoms with E-state index in [1.165, 1.54) is 12.5 Å². The molecule has 1 aromatic rings. The van der Waals surface area contributed by atoms with Gasteiger partial charge in [0.1, 0.15) is 5.82 Å². The van der Waals surface area contributed by atoms with E-state index in [9.17, 15) is 9.18 Å². The lowest BCUT2D eigenvalue weighted by atomic mass is 9.88. The molecule has 3 nitrogen and oxygen atoms in total. The summed E-state index contributed by atoms with van der Waals surface area (Å²) in [4.78, 5) is 12.0. The average molecular weight is 250 g/mol. The van der Waals surface area contributed by atoms with Crippen LogP contribution >= 0.6 is 0 Å². The molecule has 1 amide bonds. The lowest BCUT2D eigenvalue weighted by molar-refractivity contribution is -0.120. The third kappa shape index (κ3) is 3.07. The van der Waals surface area contributed by atoms with Crippen LogP contribution in [0.2, 0.25) is 0 Å². The van der Waals surface area contributed by atoms with Gasteiger partial charge in [-0.3, -0.25) is 4.79 Å². The molecule has 0 aliphatic heterocycles. The Balaban J connectivity index is 2.02. The van der Waals surface area contributed by atoms with Crippen molar-refractivity contribution in [2.45, 2.75) is 38.6 Å². The van der Waals surface area contributed by atoms with Gasteiger partial charge in [-0.2, -0.15) is 0 Å². The number of rotatable bonds is 3. The molecule has 0 saturated heterocycles. The fraction of sp³-hybridized carbons (Fsp3) is 0.500. The van der Waals surface area contributed by atoms with Crippen molar-refractivity contribution in [3.63, 3.8) is 0 Å². The molecule has 0 bridgehead atoms. The van der Waals surface area contributed by atoms with Gasteiger partial charge in [0.05, 0.1) is 0 Å². The molecule has 0 radical (unpaired) electrons. The van der Waals surface area contributed by atoms with Crippen LogP contribution in [-0.4, -0.2) is 5.91 Å². The first kappa shape index (κ1) is 13.0. The minimum Gasteiger partial charge on any atom is -0.326 e. The summed E-state index contributed by atoms with van der Waals surface area (Å²) in [5.74, 6) is -0.178. The average Bonchev–Trinajstić information content (AvgIpc) is 2.42. The molecule has 4 heteroatoms. The van der Waals surface area contributed by atoms with Gasteiger partial charge in [0.25, 0.3) is 0 Å². The standard InChI is InChI=1S/C14H19FN2O/c15-13-7-6-12(8-11(13)9-16)17-14(18)10-4-2-1-3-5-10/h6-8,10H,1-5,9,16H2,(H,17,18). The van der Waals surface area contributed by atoms with Crippen LogP contribution in [0, 0.1) is 11.7 Å². The molecule has 1 aliphatic carbocycles. The first-order valence-corrected chi connectivity index (χ1v) is 6.50. The number of nitrogens with two attached hydrogens (primary N) is 1. The van der Waals surface area contributed by atoms with E-state index < -0.39 is 0 Å². The van der Waals surface area contributed by atoms with Gasteiger partial charge in [-0.25, -0.2) is 4.39 Å². The molecule has 0 heterocycles. The molecule has 0 unspecified atom stereocenters. The van der Waals surface area contributed by atoms with Gasteiger partial charge in [-0.1, -0.05) is 19.3 Å². The number of carbonyl (C=O) groups is 1. The maximum Gasteiger partial charge on any atom is 0.227 e. The zero-order valence-electron chi connectivity index (χ0n) is 10.4. The summed E-state index contributed by atoms with van der Waals surface area (Å²) in [5.41, 5.74) is 6.50. The summed E-state index contributed by atoms with van der Waals surface area (Å²) in [7, 11) is 0. The number of benzene rings is 1. The van der Waals surface area contributed by atoms with Crippen molar-refractivity contribution in [2.24, 2.45) is 11.7 Å². The van der Waals surface area contributed by atoms with Gasteiger partial charge in [-0.05, 0) is 31.0 Å². The van der Waals surface area contributed by atoms with Crippen molar-refractivity contribution in [3.05, 3.63) is 29.6 Å². The van der Waals surface area contributed by atoms with Crippen LogP contribution < -0.4 is 11.1 Å². The van der Waals surface area contributed by atoms with E-state index in [4.69, 9.17) is 5.73 Å². The monoisotopic (exact) mass is 250 g/mol. The second-order valence-corrected chi connectivity index (χ2v) is 4.83. The molecular formula is C14H19FN2O. The highest BCUT2D eigenvalue weighted by Crippen LogP contribution is 2.25. The summed E-state index contributed by atoms with van der Waals surface area (Å²) in [6.07, 6.45) is 5.37. The van der Waals surface area contributed by atoms with Crippen LogP contribution in [0.4, 0.5) is 10.1 Å². The molecule has 1 aromatic carbocycles. The highest BCUT2D eigenvalue weighted by atomic mass is 19.1. The first-order chi connectivity index (χ1) is 8.70. The number of anilines is 1. The molecule has 0 atom stereocenters. The van der Waals surface area contributed by atoms with Crippen molar-refractivity contribution >= 4 is 11.6 Å². The fourth-order valence-corrected chi connectivity index (χ4v) is 2.42. The van der Waals surface area contributed by atoms with Crippen molar-refractivity contribution in [1.29, 1.82) is 0 Å². The SMILES string of the molecule is NCc1cc(NC(=O)C2CCCCC2)ccc1F. The topological polar surface area (TPSA) is 55.1 Å². The van der Waals surface area contributed by atoms with Gasteiger partial charge in [-0.15, -0.1) is 0 Å². The van der Waals surface area contributed by atoms with Crippen molar-refractivity contribution < 1.29 is 9.18 Å². The van der Waals surface area contributed by atoms with Gasteiger partial charge < -0.3 is 11.1 Å². The second kappa shape index (κ2) is 5.96. The smallest absolute Gasteiger partial charge is 0.227 e. The maximum atomic E-state index is 13.3. The van der Waals surface area contributed by atoms with E-state index in [2.05, 4.69) is 5.32 Å². The third-order valence-electron chi connectivity index (χ3n) is 3.51. The van der Waals surface area contributed by atoms with E-state index in [0.29, 0.717) is 11.3 Å². The molecule has 0 aromatic heterocycles. The van der Waals surface area contributed by atoms with E-state index in [0.717, 1.165) is 25.7 Å². The highest BCUT2D eigenvalue weighted by molar-refractivity contribution is 5.92. The Bertz CT molecular complexity index is 428. The van der Waals surface area contributed by atoms with Crippen molar-refractivity contribution in [2.75, 3.05) is 5.32 Å². The molecule has 0 spiro atoms. The second-order valence-electron chi connectivity index (χ2n) is 4.83. The number of hydrogen-bond acceptors (Lipinski definition) is 2. The Labute approximate surface area is 107 Å². The van der Waals surface area contributed by atoms with Crippen molar-refractivity contribution in [3.8, 4) is 0 Å². The van der Waals surface area contributed by atoms with Crippen LogP contribution in [0.25, 0.3) is 0 Å². The van der Waals surface area contributed by atoms with Gasteiger partial charge in [0.2, 0.25) is 5.91 Å². The van der Waals surface area contributed by atoms with Crippen molar-refractivity contribution in [1.82, 2.24) is 0 Å². The van der Waals surface area contributed by atoms with E-state index >= 15 is 0 Å². The zero-order valence-corrected chi connectivity index (χ0v) is 10.4. The number of nitrogens with one attached hydrogen (secondary N) is 1. The molecule has 18 heavy (non-hydrogen) atoms. The lowest BCUT2D eigenvalue weighted by Crippen LogP contribution is -2.24. The number of hydrogen-bond donors (Lipinski definition) is 2. The predicted octanol–water partition coefficient (Wildman–Crippen LogP) is 2.80. The Kier molecular flexibility index (Phi) is 4.31. The molecule has 1 saturated carbocycles. The number of carbonyl (C=O) groups excluding carboxylic acids is 1. The van der Waals surface area contributed by atoms with E-state index in [1.54, 1.807) is 12.1 Å². The Hall–Kier alpha value is -1.42. The third-order valence-corrected chi connectivity index (χ3v) is 3.51. The summed E-state index contributed by atoms with van der Waals surface area (Å²) < 4.78 is 13.3. The van der Waals surface area contributed by atoms with Crippen LogP contribution in [0.15, 0.2) is 18.2 Å². The molecule has 1 fully saturated rings. The predicted molar refractivity (Wildman–Crippen MR) is 69.5 cm³/mol. The fourth-order valence-electron chi connectivity index (χ4n) is 2.42. The van der Waals surface area contributed by atoms with E-state index in [1.807, 2.05) is 0 Å². The summed E-state index contributed by atoms with van der Waals surface area (Å²) in [6.45, 7) is 0.138. The summed E-state index contributed by atoms with van der Waals surface area (Å²) in [6, 6.07) is 4.53. The van der Waals surface area contributed by atoms with Gasteiger partial charge >= 0.3 is 0 Å². The number of amides is 1. The molecule has 2 rings (SSSR count). The quantitative estimate of drug-likeness (QED) is 0.866. The lowest BCUT2D eigenvalue weighted by Gasteiger charge is -2.20. The normalized spacial score (nSPS) is 16.6. The van der Waals surface area contributed by atoms with Gasteiger partial charge in [0, 0.05) is 23.7 Å². The Morgan fingerprint density at radius 1 is 1.33 bits per heavy atom. The van der Waals surface area contributed by atoms with Crippen LogP contribution in [0.5, 0.6) is 0 Å². The molecule has 98 valence electrons. The van der Waals surface area contributed by atoms with Gasteiger partial charge in [0.15, 0.2) is 0 Å².